The number of fused-ring (bicyclic) bond motifs is 2. The minimum absolute atomic E-state index is 0.0965. The van der Waals surface area contributed by atoms with Gasteiger partial charge < -0.3 is 4.74 Å². The summed E-state index contributed by atoms with van der Waals surface area (Å²) in [5.74, 6) is 1.66. The molecule has 4 rings (SSSR count). The number of aryl methyl sites for hydroxylation is 1. The number of rotatable bonds is 1. The Hall–Kier alpha value is -1.61. The van der Waals surface area contributed by atoms with Gasteiger partial charge in [-0.2, -0.15) is 0 Å². The van der Waals surface area contributed by atoms with Gasteiger partial charge in [-0.1, -0.05) is 29.8 Å². The van der Waals surface area contributed by atoms with Gasteiger partial charge >= 0.3 is 0 Å². The van der Waals surface area contributed by atoms with Crippen molar-refractivity contribution in [3.8, 4) is 5.75 Å². The quantitative estimate of drug-likeness (QED) is 0.747. The van der Waals surface area contributed by atoms with Crippen LogP contribution in [0.3, 0.4) is 0 Å². The maximum atomic E-state index is 6.26. The Labute approximate surface area is 116 Å². The molecule has 19 heavy (non-hydrogen) atoms. The summed E-state index contributed by atoms with van der Waals surface area (Å²) >= 11 is 6.26. The molecule has 0 fully saturated rings. The van der Waals surface area contributed by atoms with Crippen molar-refractivity contribution in [3.05, 3.63) is 52.1 Å². The first-order valence-corrected chi connectivity index (χ1v) is 6.99. The molecule has 1 aromatic heterocycles. The molecule has 0 saturated carbocycles. The molecule has 4 heteroatoms. The van der Waals surface area contributed by atoms with E-state index in [1.54, 1.807) is 0 Å². The van der Waals surface area contributed by atoms with Crippen molar-refractivity contribution in [1.29, 1.82) is 0 Å². The number of ether oxygens (including phenoxy) is 1. The lowest BCUT2D eigenvalue weighted by Crippen LogP contribution is -2.10. The van der Waals surface area contributed by atoms with E-state index < -0.39 is 0 Å². The number of benzene rings is 1. The first-order valence-electron chi connectivity index (χ1n) is 6.61. The molecule has 0 saturated heterocycles. The normalized spacial score (nSPS) is 19.9. The zero-order chi connectivity index (χ0) is 12.8. The largest absolute Gasteiger partial charge is 0.482 e. The van der Waals surface area contributed by atoms with Crippen molar-refractivity contribution < 1.29 is 4.74 Å². The van der Waals surface area contributed by atoms with Crippen LogP contribution in [0.15, 0.2) is 24.3 Å². The summed E-state index contributed by atoms with van der Waals surface area (Å²) < 4.78 is 5.92. The van der Waals surface area contributed by atoms with E-state index in [9.17, 15) is 0 Å². The molecule has 2 heterocycles. The number of hydrogen-bond acceptors (Lipinski definition) is 3. The average Bonchev–Trinajstić information content (AvgIpc) is 3.04. The van der Waals surface area contributed by atoms with Crippen LogP contribution in [0.25, 0.3) is 0 Å². The lowest BCUT2D eigenvalue weighted by atomic mass is 10.1. The van der Waals surface area contributed by atoms with E-state index >= 15 is 0 Å². The molecule has 1 aliphatic carbocycles. The van der Waals surface area contributed by atoms with Crippen LogP contribution in [0, 0.1) is 0 Å². The van der Waals surface area contributed by atoms with E-state index in [0.717, 1.165) is 48.5 Å². The lowest BCUT2D eigenvalue weighted by Gasteiger charge is -2.11. The van der Waals surface area contributed by atoms with Gasteiger partial charge in [-0.25, -0.2) is 9.97 Å². The molecule has 1 atom stereocenters. The number of hydrogen-bond donors (Lipinski definition) is 0. The summed E-state index contributed by atoms with van der Waals surface area (Å²) in [6, 6.07) is 8.09. The maximum absolute atomic E-state index is 6.26. The summed E-state index contributed by atoms with van der Waals surface area (Å²) in [5, 5.41) is 0.608. The zero-order valence-corrected chi connectivity index (χ0v) is 11.2. The Balaban J connectivity index is 1.70. The molecular formula is C15H13ClN2O. The van der Waals surface area contributed by atoms with Crippen molar-refractivity contribution in [2.45, 2.75) is 31.8 Å². The number of aromatic nitrogens is 2. The van der Waals surface area contributed by atoms with Crippen molar-refractivity contribution >= 4 is 11.6 Å². The van der Waals surface area contributed by atoms with Crippen LogP contribution in [0.2, 0.25) is 5.15 Å². The molecule has 0 bridgehead atoms. The molecule has 0 spiro atoms. The molecule has 0 radical (unpaired) electrons. The summed E-state index contributed by atoms with van der Waals surface area (Å²) in [6.45, 7) is 0. The fourth-order valence-electron chi connectivity index (χ4n) is 2.87. The minimum atomic E-state index is -0.0965. The van der Waals surface area contributed by atoms with Gasteiger partial charge in [0.05, 0.1) is 0 Å². The molecule has 0 N–H and O–H groups in total. The SMILES string of the molecule is Clc1nc(C2Cc3ccccc3O2)nc2c1CCC2. The molecule has 1 aromatic carbocycles. The van der Waals surface area contributed by atoms with Crippen molar-refractivity contribution in [3.63, 3.8) is 0 Å². The molecular weight excluding hydrogens is 260 g/mol. The Morgan fingerprint density at radius 2 is 2.05 bits per heavy atom. The van der Waals surface area contributed by atoms with Crippen molar-refractivity contribution in [1.82, 2.24) is 9.97 Å². The zero-order valence-electron chi connectivity index (χ0n) is 10.4. The standard InChI is InChI=1S/C15H13ClN2O/c16-14-10-5-3-6-11(10)17-15(18-14)13-8-9-4-1-2-7-12(9)19-13/h1-2,4,7,13H,3,5-6,8H2. The minimum Gasteiger partial charge on any atom is -0.482 e. The highest BCUT2D eigenvalue weighted by Gasteiger charge is 2.28. The summed E-state index contributed by atoms with van der Waals surface area (Å²) in [4.78, 5) is 9.10. The average molecular weight is 273 g/mol. The third-order valence-corrected chi connectivity index (χ3v) is 4.15. The molecule has 96 valence electrons. The summed E-state index contributed by atoms with van der Waals surface area (Å²) in [5.41, 5.74) is 3.45. The van der Waals surface area contributed by atoms with Crippen LogP contribution in [-0.2, 0) is 19.3 Å². The van der Waals surface area contributed by atoms with Gasteiger partial charge in [0, 0.05) is 17.7 Å². The second-order valence-corrected chi connectivity index (χ2v) is 5.43. The Morgan fingerprint density at radius 1 is 1.16 bits per heavy atom. The van der Waals surface area contributed by atoms with E-state index in [1.807, 2.05) is 18.2 Å². The fourth-order valence-corrected chi connectivity index (χ4v) is 3.16. The van der Waals surface area contributed by atoms with Crippen molar-refractivity contribution in [2.75, 3.05) is 0 Å². The van der Waals surface area contributed by atoms with Crippen LogP contribution in [-0.4, -0.2) is 9.97 Å². The second-order valence-electron chi connectivity index (χ2n) is 5.07. The third-order valence-electron chi connectivity index (χ3n) is 3.84. The molecule has 1 aliphatic heterocycles. The topological polar surface area (TPSA) is 35.0 Å². The highest BCUT2D eigenvalue weighted by Crippen LogP contribution is 2.36. The van der Waals surface area contributed by atoms with Gasteiger partial charge in [0.25, 0.3) is 0 Å². The number of para-hydroxylation sites is 1. The van der Waals surface area contributed by atoms with E-state index in [-0.39, 0.29) is 6.10 Å². The van der Waals surface area contributed by atoms with Crippen LogP contribution in [0.1, 0.15) is 35.2 Å². The van der Waals surface area contributed by atoms with Gasteiger partial charge in [0.1, 0.15) is 10.9 Å². The Kier molecular flexibility index (Phi) is 2.49. The Morgan fingerprint density at radius 3 is 2.95 bits per heavy atom. The van der Waals surface area contributed by atoms with E-state index in [4.69, 9.17) is 16.3 Å². The third kappa shape index (κ3) is 1.80. The molecule has 1 unspecified atom stereocenters. The van der Waals surface area contributed by atoms with E-state index in [1.165, 1.54) is 5.56 Å². The van der Waals surface area contributed by atoms with Gasteiger partial charge in [0.15, 0.2) is 11.9 Å². The predicted octanol–water partition coefficient (Wildman–Crippen LogP) is 3.29. The number of nitrogens with zero attached hydrogens (tertiary/aromatic N) is 2. The smallest absolute Gasteiger partial charge is 0.171 e. The fraction of sp³-hybridized carbons (Fsp3) is 0.333. The van der Waals surface area contributed by atoms with Crippen LogP contribution in [0.5, 0.6) is 5.75 Å². The van der Waals surface area contributed by atoms with E-state index in [2.05, 4.69) is 16.0 Å². The maximum Gasteiger partial charge on any atom is 0.171 e. The molecule has 2 aromatic rings. The van der Waals surface area contributed by atoms with Gasteiger partial charge in [0.2, 0.25) is 0 Å². The summed E-state index contributed by atoms with van der Waals surface area (Å²) in [7, 11) is 0. The predicted molar refractivity (Wildman–Crippen MR) is 72.6 cm³/mol. The van der Waals surface area contributed by atoms with Crippen LogP contribution >= 0.6 is 11.6 Å². The summed E-state index contributed by atoms with van der Waals surface area (Å²) in [6.07, 6.45) is 3.86. The van der Waals surface area contributed by atoms with E-state index in [0.29, 0.717) is 5.15 Å². The molecule has 3 nitrogen and oxygen atoms in total. The van der Waals surface area contributed by atoms with Crippen molar-refractivity contribution in [2.24, 2.45) is 0 Å². The van der Waals surface area contributed by atoms with Gasteiger partial charge in [-0.3, -0.25) is 0 Å². The first-order chi connectivity index (χ1) is 9.31. The second kappa shape index (κ2) is 4.20. The van der Waals surface area contributed by atoms with Crippen LogP contribution < -0.4 is 4.74 Å². The van der Waals surface area contributed by atoms with Crippen LogP contribution in [0.4, 0.5) is 0 Å². The lowest BCUT2D eigenvalue weighted by molar-refractivity contribution is 0.227. The highest BCUT2D eigenvalue weighted by molar-refractivity contribution is 6.30. The molecule has 2 aliphatic rings. The number of halogens is 1. The highest BCUT2D eigenvalue weighted by atomic mass is 35.5. The molecule has 0 amide bonds. The first kappa shape index (κ1) is 11.2. The van der Waals surface area contributed by atoms with Gasteiger partial charge in [-0.05, 0) is 30.9 Å². The Bertz CT molecular complexity index is 632. The van der Waals surface area contributed by atoms with Gasteiger partial charge in [-0.15, -0.1) is 0 Å². The monoisotopic (exact) mass is 272 g/mol.